The van der Waals surface area contributed by atoms with E-state index in [9.17, 15) is 23.3 Å². The van der Waals surface area contributed by atoms with E-state index in [0.717, 1.165) is 25.3 Å². The minimum atomic E-state index is -3.73. The zero-order valence-corrected chi connectivity index (χ0v) is 19.3. The molecule has 1 heterocycles. The second kappa shape index (κ2) is 9.85. The van der Waals surface area contributed by atoms with Gasteiger partial charge in [0.2, 0.25) is 10.0 Å². The molecule has 1 N–H and O–H groups in total. The fourth-order valence-corrected chi connectivity index (χ4v) is 5.17. The molecular formula is C21H24ClN3O6S. The molecule has 9 nitrogen and oxygen atoms in total. The summed E-state index contributed by atoms with van der Waals surface area (Å²) < 4.78 is 33.3. The number of ether oxygens (including phenoxy) is 1. The fraction of sp³-hybridized carbons (Fsp3) is 0.381. The van der Waals surface area contributed by atoms with Crippen molar-refractivity contribution in [2.75, 3.05) is 18.4 Å². The van der Waals surface area contributed by atoms with E-state index < -0.39 is 20.9 Å². The molecule has 0 bridgehead atoms. The molecule has 1 aliphatic rings. The fourth-order valence-electron chi connectivity index (χ4n) is 3.37. The second-order valence-corrected chi connectivity index (χ2v) is 10.0. The van der Waals surface area contributed by atoms with Crippen molar-refractivity contribution in [3.05, 3.63) is 57.1 Å². The number of halogens is 1. The first-order valence-corrected chi connectivity index (χ1v) is 12.0. The van der Waals surface area contributed by atoms with Crippen molar-refractivity contribution in [3.63, 3.8) is 0 Å². The molecule has 0 radical (unpaired) electrons. The van der Waals surface area contributed by atoms with Crippen LogP contribution in [0.1, 0.15) is 43.5 Å². The molecule has 1 aliphatic heterocycles. The number of benzene rings is 2. The smallest absolute Gasteiger partial charge is 0.270 e. The number of nitrogens with one attached hydrogen (secondary N) is 1. The highest BCUT2D eigenvalue weighted by atomic mass is 35.5. The van der Waals surface area contributed by atoms with Crippen LogP contribution in [-0.2, 0) is 10.0 Å². The molecule has 1 amide bonds. The van der Waals surface area contributed by atoms with Crippen LogP contribution in [0.4, 0.5) is 11.4 Å². The lowest BCUT2D eigenvalue weighted by molar-refractivity contribution is -0.384. The lowest BCUT2D eigenvalue weighted by Gasteiger charge is -2.26. The third-order valence-corrected chi connectivity index (χ3v) is 7.13. The average Bonchev–Trinajstić information content (AvgIpc) is 2.74. The van der Waals surface area contributed by atoms with Gasteiger partial charge in [-0.15, -0.1) is 0 Å². The molecule has 0 unspecified atom stereocenters. The van der Waals surface area contributed by atoms with E-state index in [1.165, 1.54) is 34.6 Å². The van der Waals surface area contributed by atoms with Gasteiger partial charge in [0.25, 0.3) is 11.6 Å². The first kappa shape index (κ1) is 24.0. The van der Waals surface area contributed by atoms with E-state index in [1.54, 1.807) is 13.8 Å². The number of anilines is 1. The zero-order valence-electron chi connectivity index (χ0n) is 17.7. The molecule has 0 aliphatic carbocycles. The van der Waals surface area contributed by atoms with E-state index in [2.05, 4.69) is 5.32 Å². The van der Waals surface area contributed by atoms with E-state index in [4.69, 9.17) is 16.3 Å². The van der Waals surface area contributed by atoms with Gasteiger partial charge in [-0.05, 0) is 51.0 Å². The van der Waals surface area contributed by atoms with E-state index in [-0.39, 0.29) is 33.0 Å². The highest BCUT2D eigenvalue weighted by Gasteiger charge is 2.27. The van der Waals surface area contributed by atoms with Crippen LogP contribution in [0.3, 0.4) is 0 Å². The summed E-state index contributed by atoms with van der Waals surface area (Å²) in [5.74, 6) is -0.352. The first-order valence-electron chi connectivity index (χ1n) is 10.2. The number of piperidine rings is 1. The van der Waals surface area contributed by atoms with Crippen LogP contribution < -0.4 is 10.1 Å². The quantitative estimate of drug-likeness (QED) is 0.460. The van der Waals surface area contributed by atoms with Crippen LogP contribution in [0, 0.1) is 10.1 Å². The molecular weight excluding hydrogens is 458 g/mol. The van der Waals surface area contributed by atoms with Crippen molar-refractivity contribution in [2.24, 2.45) is 0 Å². The van der Waals surface area contributed by atoms with Gasteiger partial charge in [-0.3, -0.25) is 14.9 Å². The topological polar surface area (TPSA) is 119 Å². The van der Waals surface area contributed by atoms with Crippen molar-refractivity contribution in [3.8, 4) is 5.75 Å². The molecule has 3 rings (SSSR count). The molecule has 1 fully saturated rings. The van der Waals surface area contributed by atoms with Gasteiger partial charge in [0.1, 0.15) is 5.75 Å². The van der Waals surface area contributed by atoms with Crippen LogP contribution in [-0.4, -0.2) is 42.7 Å². The van der Waals surface area contributed by atoms with Gasteiger partial charge < -0.3 is 10.1 Å². The summed E-state index contributed by atoms with van der Waals surface area (Å²) in [6.07, 6.45) is 2.37. The number of amides is 1. The van der Waals surface area contributed by atoms with E-state index >= 15 is 0 Å². The van der Waals surface area contributed by atoms with Gasteiger partial charge in [0, 0.05) is 25.2 Å². The maximum absolute atomic E-state index is 13.1. The summed E-state index contributed by atoms with van der Waals surface area (Å²) in [7, 11) is -3.73. The van der Waals surface area contributed by atoms with Crippen molar-refractivity contribution in [2.45, 2.75) is 44.1 Å². The molecule has 0 atom stereocenters. The van der Waals surface area contributed by atoms with E-state index in [1.807, 2.05) is 0 Å². The SMILES string of the molecule is CC(C)Oc1ccc(S(=O)(=O)N2CCCCC2)cc1NC(=O)c1ccc([N+](=O)[O-])cc1Cl. The Balaban J connectivity index is 1.95. The highest BCUT2D eigenvalue weighted by Crippen LogP contribution is 2.32. The maximum Gasteiger partial charge on any atom is 0.270 e. The maximum atomic E-state index is 13.1. The number of nitro groups is 1. The summed E-state index contributed by atoms with van der Waals surface area (Å²) in [5.41, 5.74) is -0.0711. The Kier molecular flexibility index (Phi) is 7.37. The number of non-ortho nitro benzene ring substituents is 1. The van der Waals surface area contributed by atoms with Gasteiger partial charge in [0.15, 0.2) is 0 Å². The Labute approximate surface area is 191 Å². The van der Waals surface area contributed by atoms with Crippen LogP contribution in [0.25, 0.3) is 0 Å². The summed E-state index contributed by atoms with van der Waals surface area (Å²) in [6, 6.07) is 7.81. The Bertz CT molecular complexity index is 1130. The normalized spacial score (nSPS) is 14.9. The van der Waals surface area contributed by atoms with Crippen LogP contribution in [0.5, 0.6) is 5.75 Å². The third kappa shape index (κ3) is 5.37. The monoisotopic (exact) mass is 481 g/mol. The predicted octanol–water partition coefficient (Wildman–Crippen LogP) is 4.46. The Morgan fingerprint density at radius 2 is 1.84 bits per heavy atom. The summed E-state index contributed by atoms with van der Waals surface area (Å²) in [6.45, 7) is 4.51. The third-order valence-electron chi connectivity index (χ3n) is 4.92. The molecule has 2 aromatic carbocycles. The number of carbonyl (C=O) groups excluding carboxylic acids is 1. The van der Waals surface area contributed by atoms with Crippen LogP contribution in [0.15, 0.2) is 41.3 Å². The molecule has 1 saturated heterocycles. The number of hydrogen-bond donors (Lipinski definition) is 1. The van der Waals surface area contributed by atoms with Crippen LogP contribution in [0.2, 0.25) is 5.02 Å². The number of rotatable bonds is 7. The zero-order chi connectivity index (χ0) is 23.5. The summed E-state index contributed by atoms with van der Waals surface area (Å²) in [5, 5.41) is 13.4. The van der Waals surface area contributed by atoms with Crippen molar-refractivity contribution >= 4 is 38.9 Å². The van der Waals surface area contributed by atoms with Gasteiger partial charge in [-0.2, -0.15) is 4.31 Å². The largest absolute Gasteiger partial charge is 0.489 e. The predicted molar refractivity (Wildman–Crippen MR) is 121 cm³/mol. The molecule has 172 valence electrons. The molecule has 0 spiro atoms. The number of sulfonamides is 1. The van der Waals surface area contributed by atoms with Crippen molar-refractivity contribution in [1.29, 1.82) is 0 Å². The summed E-state index contributed by atoms with van der Waals surface area (Å²) in [4.78, 5) is 23.2. The number of nitro benzene ring substituents is 1. The molecule has 11 heteroatoms. The molecule has 32 heavy (non-hydrogen) atoms. The molecule has 0 saturated carbocycles. The van der Waals surface area contributed by atoms with Gasteiger partial charge >= 0.3 is 0 Å². The lowest BCUT2D eigenvalue weighted by atomic mass is 10.2. The van der Waals surface area contributed by atoms with Crippen molar-refractivity contribution in [1.82, 2.24) is 4.31 Å². The minimum absolute atomic E-state index is 0.0112. The van der Waals surface area contributed by atoms with Gasteiger partial charge in [-0.25, -0.2) is 8.42 Å². The van der Waals surface area contributed by atoms with Gasteiger partial charge in [-0.1, -0.05) is 18.0 Å². The standard InChI is InChI=1S/C21H24ClN3O6S/c1-14(2)31-20-9-7-16(32(29,30)24-10-4-3-5-11-24)13-19(20)23-21(26)17-8-6-15(25(27)28)12-18(17)22/h6-9,12-14H,3-5,10-11H2,1-2H3,(H,23,26). The number of hydrogen-bond acceptors (Lipinski definition) is 6. The minimum Gasteiger partial charge on any atom is -0.489 e. The number of nitrogens with zero attached hydrogens (tertiary/aromatic N) is 2. The molecule has 2 aromatic rings. The lowest BCUT2D eigenvalue weighted by Crippen LogP contribution is -2.35. The number of carbonyl (C=O) groups is 1. The Morgan fingerprint density at radius 1 is 1.16 bits per heavy atom. The van der Waals surface area contributed by atoms with Crippen LogP contribution >= 0.6 is 11.6 Å². The van der Waals surface area contributed by atoms with E-state index in [0.29, 0.717) is 18.8 Å². The summed E-state index contributed by atoms with van der Waals surface area (Å²) >= 11 is 6.07. The molecule has 0 aromatic heterocycles. The average molecular weight is 482 g/mol. The van der Waals surface area contributed by atoms with Gasteiger partial charge in [0.05, 0.1) is 32.2 Å². The second-order valence-electron chi connectivity index (χ2n) is 7.66. The van der Waals surface area contributed by atoms with Crippen molar-refractivity contribution < 1.29 is 22.9 Å². The Hall–Kier alpha value is -2.69. The highest BCUT2D eigenvalue weighted by molar-refractivity contribution is 7.89. The first-order chi connectivity index (χ1) is 15.1. The Morgan fingerprint density at radius 3 is 2.44 bits per heavy atom.